The van der Waals surface area contributed by atoms with Gasteiger partial charge in [0, 0.05) is 12.7 Å². The lowest BCUT2D eigenvalue weighted by atomic mass is 10.0. The summed E-state index contributed by atoms with van der Waals surface area (Å²) < 4.78 is 0. The van der Waals surface area contributed by atoms with Gasteiger partial charge >= 0.3 is 0 Å². The second-order valence-corrected chi connectivity index (χ2v) is 2.69. The molecule has 1 aromatic heterocycles. The molecule has 3 nitrogen and oxygen atoms in total. The first-order valence-corrected chi connectivity index (χ1v) is 3.51. The van der Waals surface area contributed by atoms with Crippen molar-refractivity contribution in [2.24, 2.45) is 5.73 Å². The topological polar surface area (TPSA) is 59.1 Å². The van der Waals surface area contributed by atoms with Gasteiger partial charge in [-0.15, -0.1) is 0 Å². The third-order valence-corrected chi connectivity index (χ3v) is 1.61. The van der Waals surface area contributed by atoms with Crippen LogP contribution in [0, 0.1) is 0 Å². The maximum Gasteiger partial charge on any atom is 0.116 e. The van der Waals surface area contributed by atoms with Gasteiger partial charge in [-0.05, 0) is 19.1 Å². The summed E-state index contributed by atoms with van der Waals surface area (Å²) >= 11 is 0. The minimum absolute atomic E-state index is 0.185. The van der Waals surface area contributed by atoms with Crippen molar-refractivity contribution in [2.45, 2.75) is 12.5 Å². The molecule has 0 amide bonds. The molecule has 0 aliphatic carbocycles. The lowest BCUT2D eigenvalue weighted by Crippen LogP contribution is -2.32. The van der Waals surface area contributed by atoms with Crippen LogP contribution in [0.4, 0.5) is 0 Å². The van der Waals surface area contributed by atoms with Crippen molar-refractivity contribution >= 4 is 0 Å². The molecule has 0 aromatic carbocycles. The van der Waals surface area contributed by atoms with E-state index in [1.807, 2.05) is 6.07 Å². The minimum atomic E-state index is -0.999. The summed E-state index contributed by atoms with van der Waals surface area (Å²) in [5, 5.41) is 9.61. The Morgan fingerprint density at radius 3 is 2.82 bits per heavy atom. The molecular formula is C8H12N2O. The lowest BCUT2D eigenvalue weighted by molar-refractivity contribution is 0.0622. The highest BCUT2D eigenvalue weighted by atomic mass is 16.3. The van der Waals surface area contributed by atoms with E-state index in [0.717, 1.165) is 0 Å². The van der Waals surface area contributed by atoms with Gasteiger partial charge in [0.1, 0.15) is 5.60 Å². The van der Waals surface area contributed by atoms with Crippen molar-refractivity contribution in [1.29, 1.82) is 0 Å². The SMILES string of the molecule is CC(O)(CN)c1ccccn1. The standard InChI is InChI=1S/C8H12N2O/c1-8(11,6-9)7-4-2-3-5-10-7/h2-5,11H,6,9H2,1H3. The molecule has 0 radical (unpaired) electrons. The average Bonchev–Trinajstić information content (AvgIpc) is 2.06. The molecule has 0 saturated heterocycles. The van der Waals surface area contributed by atoms with Crippen molar-refractivity contribution in [3.63, 3.8) is 0 Å². The van der Waals surface area contributed by atoms with Gasteiger partial charge in [-0.3, -0.25) is 4.98 Å². The maximum absolute atomic E-state index is 9.61. The number of pyridine rings is 1. The fraction of sp³-hybridized carbons (Fsp3) is 0.375. The zero-order valence-electron chi connectivity index (χ0n) is 6.49. The summed E-state index contributed by atoms with van der Waals surface area (Å²) in [6.07, 6.45) is 1.64. The highest BCUT2D eigenvalue weighted by Gasteiger charge is 2.21. The number of hydrogen-bond donors (Lipinski definition) is 2. The number of nitrogens with two attached hydrogens (primary N) is 1. The summed E-state index contributed by atoms with van der Waals surface area (Å²) in [5.74, 6) is 0. The van der Waals surface area contributed by atoms with Crippen LogP contribution in [0.5, 0.6) is 0 Å². The largest absolute Gasteiger partial charge is 0.383 e. The van der Waals surface area contributed by atoms with Crippen LogP contribution in [-0.4, -0.2) is 16.6 Å². The van der Waals surface area contributed by atoms with E-state index in [4.69, 9.17) is 5.73 Å². The molecule has 3 N–H and O–H groups in total. The Labute approximate surface area is 65.9 Å². The highest BCUT2D eigenvalue weighted by molar-refractivity contribution is 5.11. The second kappa shape index (κ2) is 2.98. The zero-order chi connectivity index (χ0) is 8.32. The first-order valence-electron chi connectivity index (χ1n) is 3.51. The molecule has 60 valence electrons. The number of rotatable bonds is 2. The summed E-state index contributed by atoms with van der Waals surface area (Å²) in [6.45, 7) is 1.83. The Morgan fingerprint density at radius 2 is 2.36 bits per heavy atom. The molecule has 0 fully saturated rings. The van der Waals surface area contributed by atoms with Crippen LogP contribution in [0.2, 0.25) is 0 Å². The summed E-state index contributed by atoms with van der Waals surface area (Å²) in [5.41, 5.74) is 4.96. The van der Waals surface area contributed by atoms with Gasteiger partial charge in [-0.1, -0.05) is 6.07 Å². The lowest BCUT2D eigenvalue weighted by Gasteiger charge is -2.19. The van der Waals surface area contributed by atoms with E-state index in [1.54, 1.807) is 25.3 Å². The van der Waals surface area contributed by atoms with Crippen LogP contribution < -0.4 is 5.73 Å². The molecule has 1 atom stereocenters. The Hall–Kier alpha value is -0.930. The van der Waals surface area contributed by atoms with E-state index in [-0.39, 0.29) is 6.54 Å². The Bertz CT molecular complexity index is 221. The predicted octanol–water partition coefficient (Wildman–Crippen LogP) is 0.248. The molecule has 0 spiro atoms. The van der Waals surface area contributed by atoms with Gasteiger partial charge in [0.15, 0.2) is 0 Å². The molecule has 1 unspecified atom stereocenters. The number of hydrogen-bond acceptors (Lipinski definition) is 3. The van der Waals surface area contributed by atoms with Crippen LogP contribution in [0.1, 0.15) is 12.6 Å². The quantitative estimate of drug-likeness (QED) is 0.638. The molecule has 1 rings (SSSR count). The minimum Gasteiger partial charge on any atom is -0.383 e. The maximum atomic E-state index is 9.61. The predicted molar refractivity (Wildman–Crippen MR) is 42.9 cm³/mol. The number of nitrogens with zero attached hydrogens (tertiary/aromatic N) is 1. The summed E-state index contributed by atoms with van der Waals surface area (Å²) in [7, 11) is 0. The monoisotopic (exact) mass is 152 g/mol. The van der Waals surface area contributed by atoms with Gasteiger partial charge < -0.3 is 10.8 Å². The molecule has 3 heteroatoms. The van der Waals surface area contributed by atoms with E-state index in [1.165, 1.54) is 0 Å². The molecule has 1 aromatic rings. The molecule has 0 aliphatic heterocycles. The zero-order valence-corrected chi connectivity index (χ0v) is 6.49. The molecule has 0 saturated carbocycles. The van der Waals surface area contributed by atoms with Crippen LogP contribution in [0.15, 0.2) is 24.4 Å². The molecule has 11 heavy (non-hydrogen) atoms. The third kappa shape index (κ3) is 1.76. The average molecular weight is 152 g/mol. The van der Waals surface area contributed by atoms with Gasteiger partial charge in [0.05, 0.1) is 5.69 Å². The first-order chi connectivity index (χ1) is 5.17. The molecule has 0 aliphatic rings. The first kappa shape index (κ1) is 8.17. The van der Waals surface area contributed by atoms with E-state index in [2.05, 4.69) is 4.98 Å². The third-order valence-electron chi connectivity index (χ3n) is 1.61. The van der Waals surface area contributed by atoms with Gasteiger partial charge in [0.2, 0.25) is 0 Å². The fourth-order valence-corrected chi connectivity index (χ4v) is 0.786. The Kier molecular flexibility index (Phi) is 2.22. The number of aliphatic hydroxyl groups is 1. The molecular weight excluding hydrogens is 140 g/mol. The van der Waals surface area contributed by atoms with Crippen molar-refractivity contribution in [3.8, 4) is 0 Å². The van der Waals surface area contributed by atoms with Crippen LogP contribution in [-0.2, 0) is 5.60 Å². The summed E-state index contributed by atoms with van der Waals surface area (Å²) in [4.78, 5) is 3.99. The molecule has 0 bridgehead atoms. The van der Waals surface area contributed by atoms with Crippen molar-refractivity contribution < 1.29 is 5.11 Å². The van der Waals surface area contributed by atoms with E-state index >= 15 is 0 Å². The van der Waals surface area contributed by atoms with Gasteiger partial charge in [-0.2, -0.15) is 0 Å². The fourth-order valence-electron chi connectivity index (χ4n) is 0.786. The van der Waals surface area contributed by atoms with Crippen molar-refractivity contribution in [1.82, 2.24) is 4.98 Å². The van der Waals surface area contributed by atoms with E-state index in [9.17, 15) is 5.11 Å². The number of aromatic nitrogens is 1. The van der Waals surface area contributed by atoms with Crippen LogP contribution in [0.3, 0.4) is 0 Å². The van der Waals surface area contributed by atoms with Crippen LogP contribution >= 0.6 is 0 Å². The smallest absolute Gasteiger partial charge is 0.116 e. The Balaban J connectivity index is 2.93. The van der Waals surface area contributed by atoms with Gasteiger partial charge in [0.25, 0.3) is 0 Å². The summed E-state index contributed by atoms with van der Waals surface area (Å²) in [6, 6.07) is 5.38. The normalized spacial score (nSPS) is 15.9. The van der Waals surface area contributed by atoms with Crippen LogP contribution in [0.25, 0.3) is 0 Å². The van der Waals surface area contributed by atoms with Gasteiger partial charge in [-0.25, -0.2) is 0 Å². The van der Waals surface area contributed by atoms with Crippen molar-refractivity contribution in [2.75, 3.05) is 6.54 Å². The van der Waals surface area contributed by atoms with Crippen molar-refractivity contribution in [3.05, 3.63) is 30.1 Å². The molecule has 1 heterocycles. The second-order valence-electron chi connectivity index (χ2n) is 2.69. The van der Waals surface area contributed by atoms with E-state index < -0.39 is 5.60 Å². The van der Waals surface area contributed by atoms with E-state index in [0.29, 0.717) is 5.69 Å². The Morgan fingerprint density at radius 1 is 1.64 bits per heavy atom. The highest BCUT2D eigenvalue weighted by Crippen LogP contribution is 2.14.